The number of rotatable bonds is 5. The molecule has 0 spiro atoms. The molecule has 0 radical (unpaired) electrons. The van der Waals surface area contributed by atoms with Crippen molar-refractivity contribution >= 4 is 17.6 Å². The van der Waals surface area contributed by atoms with Gasteiger partial charge in [0.15, 0.2) is 0 Å². The van der Waals surface area contributed by atoms with E-state index in [-0.39, 0.29) is 18.3 Å². The predicted octanol–water partition coefficient (Wildman–Crippen LogP) is 4.45. The lowest BCUT2D eigenvalue weighted by Crippen LogP contribution is -2.27. The summed E-state index contributed by atoms with van der Waals surface area (Å²) in [5.41, 5.74) is 4.77. The van der Waals surface area contributed by atoms with Crippen LogP contribution >= 0.6 is 0 Å². The normalized spacial score (nSPS) is 11.2. The highest BCUT2D eigenvalue weighted by Crippen LogP contribution is 2.23. The summed E-state index contributed by atoms with van der Waals surface area (Å²) in [6.45, 7) is 8.67. The summed E-state index contributed by atoms with van der Waals surface area (Å²) in [7, 11) is 1.34. The summed E-state index contributed by atoms with van der Waals surface area (Å²) in [6.07, 6.45) is 4.48. The molecule has 0 atom stereocenters. The number of fused-ring (bicyclic) bond motifs is 1. The second-order valence-corrected chi connectivity index (χ2v) is 6.94. The molecule has 0 saturated heterocycles. The van der Waals surface area contributed by atoms with E-state index in [1.165, 1.54) is 23.9 Å². The Kier molecular flexibility index (Phi) is 12.4. The maximum Gasteiger partial charge on any atom is 0.307 e. The minimum Gasteiger partial charge on any atom is -0.469 e. The molecular weight excluding hydrogens is 376 g/mol. The minimum absolute atomic E-state index is 0.0716. The van der Waals surface area contributed by atoms with Gasteiger partial charge in [0.05, 0.1) is 20.0 Å². The fraction of sp³-hybridized carbons (Fsp3) is 0.360. The number of aryl methyl sites for hydroxylation is 2. The van der Waals surface area contributed by atoms with Gasteiger partial charge in [-0.2, -0.15) is 0 Å². The molecule has 1 amide bonds. The molecule has 2 N–H and O–H groups in total. The average Bonchev–Trinajstić information content (AvgIpc) is 2.75. The highest BCUT2D eigenvalue weighted by atomic mass is 16.5. The van der Waals surface area contributed by atoms with Gasteiger partial charge in [0, 0.05) is 18.8 Å². The Labute approximate surface area is 180 Å². The minimum atomic E-state index is -0.315. The second kappa shape index (κ2) is 14.9. The van der Waals surface area contributed by atoms with Crippen molar-refractivity contribution in [3.8, 4) is 0 Å². The van der Waals surface area contributed by atoms with E-state index in [2.05, 4.69) is 47.1 Å². The summed E-state index contributed by atoms with van der Waals surface area (Å²) >= 11 is 0. The molecule has 0 saturated carbocycles. The van der Waals surface area contributed by atoms with Crippen molar-refractivity contribution in [3.63, 3.8) is 0 Å². The number of esters is 1. The zero-order valence-corrected chi connectivity index (χ0v) is 18.4. The molecule has 162 valence electrons. The first-order valence-corrected chi connectivity index (χ1v) is 10.3. The third kappa shape index (κ3) is 10.5. The van der Waals surface area contributed by atoms with E-state index in [0.717, 1.165) is 24.9 Å². The fourth-order valence-corrected chi connectivity index (χ4v) is 2.83. The van der Waals surface area contributed by atoms with Crippen LogP contribution in [0.5, 0.6) is 0 Å². The number of ether oxygens (including phenoxy) is 1. The Hall–Kier alpha value is -3.08. The van der Waals surface area contributed by atoms with E-state index in [9.17, 15) is 9.59 Å². The number of nitrogens with one attached hydrogen (secondary N) is 2. The van der Waals surface area contributed by atoms with Crippen LogP contribution in [-0.4, -0.2) is 32.1 Å². The lowest BCUT2D eigenvalue weighted by atomic mass is 9.99. The van der Waals surface area contributed by atoms with Gasteiger partial charge in [-0.25, -0.2) is 0 Å². The lowest BCUT2D eigenvalue weighted by molar-refractivity contribution is -0.140. The Bertz CT molecular complexity index is 788. The Morgan fingerprint density at radius 2 is 1.90 bits per heavy atom. The Morgan fingerprint density at radius 3 is 2.50 bits per heavy atom. The van der Waals surface area contributed by atoms with Gasteiger partial charge in [-0.1, -0.05) is 54.1 Å². The van der Waals surface area contributed by atoms with Crippen molar-refractivity contribution in [2.45, 2.75) is 39.5 Å². The van der Waals surface area contributed by atoms with E-state index >= 15 is 0 Å². The molecule has 3 rings (SSSR count). The van der Waals surface area contributed by atoms with Crippen molar-refractivity contribution in [2.75, 3.05) is 25.5 Å². The van der Waals surface area contributed by atoms with Gasteiger partial charge in [0.25, 0.3) is 0 Å². The molecule has 2 aromatic carbocycles. The first kappa shape index (κ1) is 25.0. The quantitative estimate of drug-likeness (QED) is 0.564. The maximum atomic E-state index is 11.8. The first-order chi connectivity index (χ1) is 14.5. The van der Waals surface area contributed by atoms with Crippen LogP contribution in [0.15, 0.2) is 61.2 Å². The number of carbonyl (C=O) groups excluding carboxylic acids is 2. The van der Waals surface area contributed by atoms with Crippen LogP contribution in [0.2, 0.25) is 0 Å². The van der Waals surface area contributed by atoms with Crippen LogP contribution in [0, 0.1) is 6.92 Å². The molecular formula is C25H34N2O3. The van der Waals surface area contributed by atoms with E-state index in [0.29, 0.717) is 13.0 Å². The third-order valence-electron chi connectivity index (χ3n) is 4.29. The summed E-state index contributed by atoms with van der Waals surface area (Å²) in [5.74, 6) is -0.386. The van der Waals surface area contributed by atoms with E-state index in [1.807, 2.05) is 37.3 Å². The zero-order valence-electron chi connectivity index (χ0n) is 18.4. The first-order valence-electron chi connectivity index (χ1n) is 10.3. The summed E-state index contributed by atoms with van der Waals surface area (Å²) in [6, 6.07) is 16.3. The number of methoxy groups -OCH3 is 1. The average molecular weight is 411 g/mol. The molecule has 1 aliphatic rings. The Balaban J connectivity index is 0.000000372. The van der Waals surface area contributed by atoms with Crippen LogP contribution in [0.25, 0.3) is 0 Å². The van der Waals surface area contributed by atoms with E-state index in [4.69, 9.17) is 0 Å². The number of carbonyl (C=O) groups is 2. The highest BCUT2D eigenvalue weighted by Gasteiger charge is 2.10. The number of anilines is 1. The predicted molar refractivity (Wildman–Crippen MR) is 124 cm³/mol. The van der Waals surface area contributed by atoms with Gasteiger partial charge in [0.1, 0.15) is 0 Å². The molecule has 5 heteroatoms. The monoisotopic (exact) mass is 410 g/mol. The van der Waals surface area contributed by atoms with Crippen LogP contribution < -0.4 is 10.6 Å². The molecule has 1 aliphatic heterocycles. The van der Waals surface area contributed by atoms with Gasteiger partial charge in [0.2, 0.25) is 5.91 Å². The van der Waals surface area contributed by atoms with E-state index in [1.54, 1.807) is 6.08 Å². The SMILES string of the molecule is C=CC.COC(=O)CCNC(=O)Cc1ccc2c(c1)CCCN2.Cc1ccccc1. The smallest absolute Gasteiger partial charge is 0.307 e. The molecule has 5 nitrogen and oxygen atoms in total. The molecule has 30 heavy (non-hydrogen) atoms. The van der Waals surface area contributed by atoms with Gasteiger partial charge in [-0.15, -0.1) is 6.58 Å². The van der Waals surface area contributed by atoms with Gasteiger partial charge in [-0.05, 0) is 43.9 Å². The second-order valence-electron chi connectivity index (χ2n) is 6.94. The number of allylic oxidation sites excluding steroid dienone is 1. The standard InChI is InChI=1S/C15H20N2O3.C7H8.C3H6/c1-20-15(19)6-8-17-14(18)10-11-4-5-13-12(9-11)3-2-7-16-13;1-7-5-3-2-4-6-7;1-3-2/h4-5,9,16H,2-3,6-8,10H2,1H3,(H,17,18);2-6H,1H3;3H,1H2,2H3. The molecule has 0 fully saturated rings. The summed E-state index contributed by atoms with van der Waals surface area (Å²) < 4.78 is 4.52. The van der Waals surface area contributed by atoms with Crippen molar-refractivity contribution in [3.05, 3.63) is 77.9 Å². The van der Waals surface area contributed by atoms with Gasteiger partial charge in [-0.3, -0.25) is 9.59 Å². The molecule has 0 aromatic heterocycles. The molecule has 0 aliphatic carbocycles. The van der Waals surface area contributed by atoms with Gasteiger partial charge < -0.3 is 15.4 Å². The maximum absolute atomic E-state index is 11.8. The zero-order chi connectivity index (χ0) is 22.2. The van der Waals surface area contributed by atoms with Crippen LogP contribution in [-0.2, 0) is 27.2 Å². The van der Waals surface area contributed by atoms with Crippen LogP contribution in [0.4, 0.5) is 5.69 Å². The topological polar surface area (TPSA) is 67.4 Å². The van der Waals surface area contributed by atoms with Gasteiger partial charge >= 0.3 is 5.97 Å². The number of hydrogen-bond donors (Lipinski definition) is 2. The number of amides is 1. The third-order valence-corrected chi connectivity index (χ3v) is 4.29. The summed E-state index contributed by atoms with van der Waals surface area (Å²) in [4.78, 5) is 22.7. The molecule has 0 unspecified atom stereocenters. The van der Waals surface area contributed by atoms with Crippen molar-refractivity contribution in [1.29, 1.82) is 0 Å². The number of benzene rings is 2. The summed E-state index contributed by atoms with van der Waals surface area (Å²) in [5, 5.41) is 6.07. The number of hydrogen-bond acceptors (Lipinski definition) is 4. The van der Waals surface area contributed by atoms with Crippen LogP contribution in [0.3, 0.4) is 0 Å². The van der Waals surface area contributed by atoms with Crippen molar-refractivity contribution in [2.24, 2.45) is 0 Å². The Morgan fingerprint density at radius 1 is 1.20 bits per heavy atom. The molecule has 2 aromatic rings. The van der Waals surface area contributed by atoms with Crippen molar-refractivity contribution < 1.29 is 14.3 Å². The van der Waals surface area contributed by atoms with E-state index < -0.39 is 0 Å². The lowest BCUT2D eigenvalue weighted by Gasteiger charge is -2.18. The van der Waals surface area contributed by atoms with Crippen LogP contribution in [0.1, 0.15) is 36.5 Å². The largest absolute Gasteiger partial charge is 0.469 e. The molecule has 0 bridgehead atoms. The highest BCUT2D eigenvalue weighted by molar-refractivity contribution is 5.79. The molecule has 1 heterocycles. The fourth-order valence-electron chi connectivity index (χ4n) is 2.83. The van der Waals surface area contributed by atoms with Crippen molar-refractivity contribution in [1.82, 2.24) is 5.32 Å².